The normalized spacial score (nSPS) is 10.7. The van der Waals surface area contributed by atoms with E-state index < -0.39 is 11.6 Å². The second-order valence-corrected chi connectivity index (χ2v) is 4.88. The first-order valence-corrected chi connectivity index (χ1v) is 6.04. The molecule has 0 fully saturated rings. The first-order valence-electron chi connectivity index (χ1n) is 5.25. The number of hydrogen-bond donors (Lipinski definition) is 0. The van der Waals surface area contributed by atoms with E-state index in [2.05, 4.69) is 15.9 Å². The van der Waals surface area contributed by atoms with Crippen molar-refractivity contribution in [1.82, 2.24) is 4.57 Å². The van der Waals surface area contributed by atoms with Crippen molar-refractivity contribution in [3.8, 4) is 5.69 Å². The predicted molar refractivity (Wildman–Crippen MR) is 69.1 cm³/mol. The molecule has 1 aromatic carbocycles. The van der Waals surface area contributed by atoms with Gasteiger partial charge in [0.05, 0.1) is 10.2 Å². The Morgan fingerprint density at radius 2 is 1.56 bits per heavy atom. The SMILES string of the molecule is Cc1cc(=O)cc(C)n1-c1cc(F)c(Br)cc1F. The largest absolute Gasteiger partial charge is 0.315 e. The van der Waals surface area contributed by atoms with Crippen LogP contribution in [0.15, 0.2) is 33.5 Å². The van der Waals surface area contributed by atoms with Gasteiger partial charge in [-0.1, -0.05) is 0 Å². The number of hydrogen-bond acceptors (Lipinski definition) is 1. The Bertz CT molecular complexity index is 653. The Balaban J connectivity index is 2.77. The van der Waals surface area contributed by atoms with Gasteiger partial charge in [-0.05, 0) is 35.8 Å². The van der Waals surface area contributed by atoms with Crippen LogP contribution in [0.1, 0.15) is 11.4 Å². The lowest BCUT2D eigenvalue weighted by atomic mass is 10.2. The van der Waals surface area contributed by atoms with E-state index in [0.29, 0.717) is 11.4 Å². The maximum Gasteiger partial charge on any atom is 0.182 e. The second kappa shape index (κ2) is 4.65. The van der Waals surface area contributed by atoms with E-state index in [1.807, 2.05) is 0 Å². The summed E-state index contributed by atoms with van der Waals surface area (Å²) >= 11 is 2.93. The third-order valence-corrected chi connectivity index (χ3v) is 3.25. The van der Waals surface area contributed by atoms with Gasteiger partial charge in [-0.15, -0.1) is 0 Å². The summed E-state index contributed by atoms with van der Waals surface area (Å²) in [5, 5.41) is 0. The fourth-order valence-electron chi connectivity index (χ4n) is 1.92. The fourth-order valence-corrected chi connectivity index (χ4v) is 2.24. The molecule has 0 aliphatic heterocycles. The van der Waals surface area contributed by atoms with Gasteiger partial charge in [0.15, 0.2) is 5.43 Å². The fraction of sp³-hybridized carbons (Fsp3) is 0.154. The molecule has 0 amide bonds. The molecule has 0 saturated heterocycles. The molecular formula is C13H10BrF2NO. The molecule has 94 valence electrons. The van der Waals surface area contributed by atoms with Crippen LogP contribution in [0, 0.1) is 25.5 Å². The van der Waals surface area contributed by atoms with Gasteiger partial charge in [0.1, 0.15) is 11.6 Å². The lowest BCUT2D eigenvalue weighted by Gasteiger charge is -2.15. The van der Waals surface area contributed by atoms with Crippen molar-refractivity contribution in [2.75, 3.05) is 0 Å². The number of benzene rings is 1. The lowest BCUT2D eigenvalue weighted by Crippen LogP contribution is -2.12. The number of pyridine rings is 1. The summed E-state index contributed by atoms with van der Waals surface area (Å²) < 4.78 is 29.0. The zero-order chi connectivity index (χ0) is 13.4. The Morgan fingerprint density at radius 3 is 2.11 bits per heavy atom. The average molecular weight is 314 g/mol. The zero-order valence-electron chi connectivity index (χ0n) is 9.80. The maximum atomic E-state index is 13.9. The first-order chi connectivity index (χ1) is 8.40. The standard InChI is InChI=1S/C13H10BrF2NO/c1-7-3-9(18)4-8(2)17(7)13-6-11(15)10(14)5-12(13)16/h3-6H,1-2H3. The minimum absolute atomic E-state index is 0.0695. The number of rotatable bonds is 1. The smallest absolute Gasteiger partial charge is 0.182 e. The lowest BCUT2D eigenvalue weighted by molar-refractivity contribution is 0.585. The molecule has 18 heavy (non-hydrogen) atoms. The molecule has 0 aliphatic carbocycles. The highest BCUT2D eigenvalue weighted by Gasteiger charge is 2.12. The van der Waals surface area contributed by atoms with Crippen LogP contribution in [0.4, 0.5) is 8.78 Å². The maximum absolute atomic E-state index is 13.9. The molecule has 2 nitrogen and oxygen atoms in total. The van der Waals surface area contributed by atoms with Gasteiger partial charge in [0.25, 0.3) is 0 Å². The van der Waals surface area contributed by atoms with Crippen LogP contribution in [-0.2, 0) is 0 Å². The molecule has 0 saturated carbocycles. The third-order valence-electron chi connectivity index (χ3n) is 2.64. The van der Waals surface area contributed by atoms with Crippen molar-refractivity contribution < 1.29 is 8.78 Å². The molecule has 1 aromatic heterocycles. The molecule has 0 radical (unpaired) electrons. The Kier molecular flexibility index (Phi) is 3.34. The quantitative estimate of drug-likeness (QED) is 0.739. The second-order valence-electron chi connectivity index (χ2n) is 4.03. The van der Waals surface area contributed by atoms with Gasteiger partial charge in [-0.2, -0.15) is 0 Å². The highest BCUT2D eigenvalue weighted by atomic mass is 79.9. The molecule has 0 unspecified atom stereocenters. The summed E-state index contributed by atoms with van der Waals surface area (Å²) in [6.45, 7) is 3.35. The van der Waals surface area contributed by atoms with Crippen LogP contribution >= 0.6 is 15.9 Å². The zero-order valence-corrected chi connectivity index (χ0v) is 11.4. The molecule has 2 aromatic rings. The van der Waals surface area contributed by atoms with Crippen LogP contribution in [0.3, 0.4) is 0 Å². The summed E-state index contributed by atoms with van der Waals surface area (Å²) in [7, 11) is 0. The van der Waals surface area contributed by atoms with Gasteiger partial charge in [-0.3, -0.25) is 4.79 Å². The van der Waals surface area contributed by atoms with Crippen molar-refractivity contribution in [2.45, 2.75) is 13.8 Å². The third kappa shape index (κ3) is 2.22. The summed E-state index contributed by atoms with van der Waals surface area (Å²) in [4.78, 5) is 11.3. The predicted octanol–water partition coefficient (Wildman–Crippen LogP) is 3.50. The molecular weight excluding hydrogens is 304 g/mol. The van der Waals surface area contributed by atoms with Gasteiger partial charge >= 0.3 is 0 Å². The molecule has 0 aliphatic rings. The van der Waals surface area contributed by atoms with Crippen molar-refractivity contribution >= 4 is 15.9 Å². The Labute approximate surface area is 111 Å². The van der Waals surface area contributed by atoms with Crippen molar-refractivity contribution in [2.24, 2.45) is 0 Å². The van der Waals surface area contributed by atoms with Gasteiger partial charge in [0.2, 0.25) is 0 Å². The minimum atomic E-state index is -0.557. The number of aryl methyl sites for hydroxylation is 2. The first kappa shape index (κ1) is 13.0. The average Bonchev–Trinajstić information content (AvgIpc) is 2.24. The van der Waals surface area contributed by atoms with Crippen LogP contribution in [0.5, 0.6) is 0 Å². The topological polar surface area (TPSA) is 22.0 Å². The van der Waals surface area contributed by atoms with Crippen LogP contribution in [0.25, 0.3) is 5.69 Å². The van der Waals surface area contributed by atoms with Crippen molar-refractivity contribution in [3.05, 3.63) is 62.0 Å². The highest BCUT2D eigenvalue weighted by Crippen LogP contribution is 2.24. The molecule has 5 heteroatoms. The van der Waals surface area contributed by atoms with E-state index in [9.17, 15) is 13.6 Å². The molecule has 0 N–H and O–H groups in total. The summed E-state index contributed by atoms with van der Waals surface area (Å²) in [6, 6.07) is 4.93. The Morgan fingerprint density at radius 1 is 1.00 bits per heavy atom. The number of aromatic nitrogens is 1. The molecule has 0 bridgehead atoms. The van der Waals surface area contributed by atoms with E-state index in [1.54, 1.807) is 13.8 Å². The summed E-state index contributed by atoms with van der Waals surface area (Å²) in [5.41, 5.74) is 1.05. The summed E-state index contributed by atoms with van der Waals surface area (Å²) in [5.74, 6) is -1.11. The van der Waals surface area contributed by atoms with Gasteiger partial charge in [-0.25, -0.2) is 8.78 Å². The number of halogens is 3. The molecule has 0 spiro atoms. The van der Waals surface area contributed by atoms with E-state index in [0.717, 1.165) is 12.1 Å². The van der Waals surface area contributed by atoms with Gasteiger partial charge < -0.3 is 4.57 Å². The number of nitrogens with zero attached hydrogens (tertiary/aromatic N) is 1. The van der Waals surface area contributed by atoms with E-state index in [4.69, 9.17) is 0 Å². The highest BCUT2D eigenvalue weighted by molar-refractivity contribution is 9.10. The van der Waals surface area contributed by atoms with Crippen molar-refractivity contribution in [1.29, 1.82) is 0 Å². The van der Waals surface area contributed by atoms with Crippen LogP contribution in [-0.4, -0.2) is 4.57 Å². The summed E-state index contributed by atoms with van der Waals surface area (Å²) in [6.07, 6.45) is 0. The minimum Gasteiger partial charge on any atom is -0.315 e. The van der Waals surface area contributed by atoms with E-state index in [1.165, 1.54) is 16.7 Å². The molecule has 1 heterocycles. The van der Waals surface area contributed by atoms with Gasteiger partial charge in [0, 0.05) is 29.6 Å². The van der Waals surface area contributed by atoms with Crippen LogP contribution in [0.2, 0.25) is 0 Å². The van der Waals surface area contributed by atoms with E-state index in [-0.39, 0.29) is 15.6 Å². The Hall–Kier alpha value is -1.49. The monoisotopic (exact) mass is 313 g/mol. The van der Waals surface area contributed by atoms with Crippen LogP contribution < -0.4 is 5.43 Å². The van der Waals surface area contributed by atoms with Crippen molar-refractivity contribution in [3.63, 3.8) is 0 Å². The van der Waals surface area contributed by atoms with E-state index >= 15 is 0 Å². The molecule has 0 atom stereocenters. The molecule has 2 rings (SSSR count).